The number of aryl methyl sites for hydroxylation is 1. The third kappa shape index (κ3) is 4.39. The number of carbonyl (C=O) groups excluding carboxylic acids is 2. The molecule has 7 nitrogen and oxygen atoms in total. The van der Waals surface area contributed by atoms with Crippen molar-refractivity contribution in [1.82, 2.24) is 5.32 Å². The van der Waals surface area contributed by atoms with Crippen LogP contribution in [0.3, 0.4) is 0 Å². The van der Waals surface area contributed by atoms with E-state index in [1.54, 1.807) is 30.3 Å². The number of fused-ring (bicyclic) bond motifs is 2. The summed E-state index contributed by atoms with van der Waals surface area (Å²) in [5, 5.41) is 10.3. The molecule has 0 saturated heterocycles. The van der Waals surface area contributed by atoms with Crippen LogP contribution in [0.4, 0.5) is 11.4 Å². The lowest BCUT2D eigenvalue weighted by Gasteiger charge is -2.12. The van der Waals surface area contributed by atoms with Gasteiger partial charge in [0.2, 0.25) is 0 Å². The Morgan fingerprint density at radius 1 is 0.735 bits per heavy atom. The summed E-state index contributed by atoms with van der Waals surface area (Å²) in [6.07, 6.45) is 0. The van der Waals surface area contributed by atoms with Crippen molar-refractivity contribution in [3.63, 3.8) is 0 Å². The molecule has 0 aliphatic heterocycles. The van der Waals surface area contributed by atoms with Crippen LogP contribution in [-0.2, 0) is 0 Å². The van der Waals surface area contributed by atoms with Crippen molar-refractivity contribution in [3.05, 3.63) is 95.9 Å². The van der Waals surface area contributed by atoms with Gasteiger partial charge in [0.05, 0.1) is 0 Å². The van der Waals surface area contributed by atoms with Crippen molar-refractivity contribution in [1.29, 1.82) is 0 Å². The van der Waals surface area contributed by atoms with Crippen LogP contribution in [-0.4, -0.2) is 16.9 Å². The molecule has 0 atom stereocenters. The second kappa shape index (κ2) is 8.84. The number of furan rings is 2. The number of anilines is 2. The van der Waals surface area contributed by atoms with Gasteiger partial charge in [-0.25, -0.2) is 0 Å². The molecule has 0 fully saturated rings. The second-order valence-electron chi connectivity index (χ2n) is 7.69. The normalized spacial score (nSPS) is 10.9. The minimum atomic E-state index is -0.444. The van der Waals surface area contributed by atoms with Crippen LogP contribution in [0.2, 0.25) is 0 Å². The highest BCUT2D eigenvalue weighted by atomic mass is 32.1. The summed E-state index contributed by atoms with van der Waals surface area (Å²) in [6.45, 7) is 1.86. The summed E-state index contributed by atoms with van der Waals surface area (Å²) in [5.41, 5.74) is 3.38. The molecular weight excluding hydrogens is 450 g/mol. The van der Waals surface area contributed by atoms with Crippen LogP contribution in [0, 0.1) is 6.92 Å². The van der Waals surface area contributed by atoms with Crippen molar-refractivity contribution >= 4 is 62.5 Å². The third-order valence-corrected chi connectivity index (χ3v) is 5.46. The highest BCUT2D eigenvalue weighted by Crippen LogP contribution is 2.23. The zero-order valence-electron chi connectivity index (χ0n) is 18.0. The number of benzene rings is 3. The largest absolute Gasteiger partial charge is 0.451 e. The molecule has 5 aromatic rings. The first kappa shape index (κ1) is 21.4. The smallest absolute Gasteiger partial charge is 0.293 e. The van der Waals surface area contributed by atoms with Crippen LogP contribution >= 0.6 is 12.2 Å². The fraction of sp³-hybridized carbons (Fsp3) is 0.0385. The number of amides is 2. The number of nitrogens with one attached hydrogen (secondary N) is 3. The van der Waals surface area contributed by atoms with Crippen LogP contribution in [0.5, 0.6) is 0 Å². The summed E-state index contributed by atoms with van der Waals surface area (Å²) >= 11 is 5.27. The SMILES string of the molecule is Cc1cc(NC(=S)NC(=O)c2cc3ccccc3o2)ccc1NC(=O)c1cc2ccccc2o1. The van der Waals surface area contributed by atoms with Gasteiger partial charge < -0.3 is 19.5 Å². The Morgan fingerprint density at radius 3 is 1.91 bits per heavy atom. The topological polar surface area (TPSA) is 96.5 Å². The van der Waals surface area contributed by atoms with E-state index < -0.39 is 5.91 Å². The van der Waals surface area contributed by atoms with Crippen molar-refractivity contribution < 1.29 is 18.4 Å². The van der Waals surface area contributed by atoms with E-state index >= 15 is 0 Å². The van der Waals surface area contributed by atoms with E-state index in [-0.39, 0.29) is 22.5 Å². The number of carbonyl (C=O) groups is 2. The Balaban J connectivity index is 1.22. The zero-order chi connectivity index (χ0) is 23.7. The molecular formula is C26H19N3O4S. The van der Waals surface area contributed by atoms with Crippen LogP contribution in [0.25, 0.3) is 21.9 Å². The second-order valence-corrected chi connectivity index (χ2v) is 8.10. The predicted molar refractivity (Wildman–Crippen MR) is 135 cm³/mol. The minimum Gasteiger partial charge on any atom is -0.451 e. The van der Waals surface area contributed by atoms with Gasteiger partial charge in [0.25, 0.3) is 11.8 Å². The standard InChI is InChI=1S/C26H19N3O4S/c1-15-12-18(27-26(34)29-25(31)23-14-17-7-3-5-9-21(17)33-23)10-11-19(15)28-24(30)22-13-16-6-2-4-8-20(16)32-22/h2-14H,1H3,(H,28,30)(H2,27,29,31,34). The van der Waals surface area contributed by atoms with Crippen molar-refractivity contribution in [3.8, 4) is 0 Å². The van der Waals surface area contributed by atoms with Gasteiger partial charge in [0, 0.05) is 22.1 Å². The Morgan fingerprint density at radius 2 is 1.32 bits per heavy atom. The molecule has 3 aromatic carbocycles. The molecule has 168 valence electrons. The van der Waals surface area contributed by atoms with Gasteiger partial charge in [-0.3, -0.25) is 14.9 Å². The number of hydrogen-bond acceptors (Lipinski definition) is 5. The first-order valence-electron chi connectivity index (χ1n) is 10.5. The molecule has 3 N–H and O–H groups in total. The van der Waals surface area contributed by atoms with Gasteiger partial charge in [-0.1, -0.05) is 36.4 Å². The summed E-state index contributed by atoms with van der Waals surface area (Å²) in [4.78, 5) is 25.1. The van der Waals surface area contributed by atoms with Gasteiger partial charge in [-0.05, 0) is 67.2 Å². The predicted octanol–water partition coefficient (Wildman–Crippen LogP) is 5.87. The zero-order valence-corrected chi connectivity index (χ0v) is 18.9. The highest BCUT2D eigenvalue weighted by Gasteiger charge is 2.15. The summed E-state index contributed by atoms with van der Waals surface area (Å²) in [6, 6.07) is 23.5. The highest BCUT2D eigenvalue weighted by molar-refractivity contribution is 7.80. The Kier molecular flexibility index (Phi) is 5.57. The average Bonchev–Trinajstić information content (AvgIpc) is 3.45. The van der Waals surface area contributed by atoms with Crippen LogP contribution < -0.4 is 16.0 Å². The molecule has 34 heavy (non-hydrogen) atoms. The molecule has 0 unspecified atom stereocenters. The quantitative estimate of drug-likeness (QED) is 0.285. The van der Waals surface area contributed by atoms with E-state index in [4.69, 9.17) is 21.1 Å². The van der Waals surface area contributed by atoms with E-state index in [1.807, 2.05) is 55.5 Å². The maximum Gasteiger partial charge on any atom is 0.293 e. The van der Waals surface area contributed by atoms with E-state index in [9.17, 15) is 9.59 Å². The van der Waals surface area contributed by atoms with Gasteiger partial charge in [0.1, 0.15) is 11.2 Å². The monoisotopic (exact) mass is 469 g/mol. The molecule has 0 aliphatic carbocycles. The fourth-order valence-corrected chi connectivity index (χ4v) is 3.79. The fourth-order valence-electron chi connectivity index (χ4n) is 3.58. The van der Waals surface area contributed by atoms with Gasteiger partial charge in [-0.15, -0.1) is 0 Å². The molecule has 0 radical (unpaired) electrons. The third-order valence-electron chi connectivity index (χ3n) is 5.26. The Hall–Kier alpha value is -4.43. The molecule has 0 bridgehead atoms. The molecule has 5 rings (SSSR count). The van der Waals surface area contributed by atoms with Crippen molar-refractivity contribution in [2.75, 3.05) is 10.6 Å². The molecule has 2 aromatic heterocycles. The number of hydrogen-bond donors (Lipinski definition) is 3. The Labute approximate surface area is 199 Å². The lowest BCUT2D eigenvalue weighted by molar-refractivity contribution is 0.0951. The summed E-state index contributed by atoms with van der Waals surface area (Å²) in [7, 11) is 0. The van der Waals surface area contributed by atoms with Crippen molar-refractivity contribution in [2.45, 2.75) is 6.92 Å². The Bertz CT molecular complexity index is 1500. The molecule has 8 heteroatoms. The number of para-hydroxylation sites is 2. The first-order chi connectivity index (χ1) is 16.5. The van der Waals surface area contributed by atoms with E-state index in [2.05, 4.69) is 16.0 Å². The van der Waals surface area contributed by atoms with Crippen LogP contribution in [0.15, 0.2) is 87.7 Å². The maximum atomic E-state index is 12.6. The lowest BCUT2D eigenvalue weighted by atomic mass is 10.1. The molecule has 0 spiro atoms. The van der Waals surface area contributed by atoms with E-state index in [1.165, 1.54) is 0 Å². The molecule has 0 aliphatic rings. The van der Waals surface area contributed by atoms with Gasteiger partial charge >= 0.3 is 0 Å². The van der Waals surface area contributed by atoms with Gasteiger partial charge in [-0.2, -0.15) is 0 Å². The summed E-state index contributed by atoms with van der Waals surface area (Å²) in [5.74, 6) is -0.378. The maximum absolute atomic E-state index is 12.6. The lowest BCUT2D eigenvalue weighted by Crippen LogP contribution is -2.33. The molecule has 0 saturated carbocycles. The molecule has 2 amide bonds. The average molecular weight is 470 g/mol. The first-order valence-corrected chi connectivity index (χ1v) is 10.9. The van der Waals surface area contributed by atoms with Gasteiger partial charge in [0.15, 0.2) is 16.6 Å². The van der Waals surface area contributed by atoms with E-state index in [0.717, 1.165) is 16.3 Å². The minimum absolute atomic E-state index is 0.129. The van der Waals surface area contributed by atoms with Crippen molar-refractivity contribution in [2.24, 2.45) is 0 Å². The molecule has 2 heterocycles. The van der Waals surface area contributed by atoms with Crippen LogP contribution in [0.1, 0.15) is 26.7 Å². The number of thiocarbonyl (C=S) groups is 1. The van der Waals surface area contributed by atoms with E-state index in [0.29, 0.717) is 22.5 Å². The number of rotatable bonds is 4. The summed E-state index contributed by atoms with van der Waals surface area (Å²) < 4.78 is 11.2.